The number of carbonyl (C=O) groups excluding carboxylic acids is 2. The van der Waals surface area contributed by atoms with E-state index in [2.05, 4.69) is 10.3 Å². The van der Waals surface area contributed by atoms with Crippen LogP contribution in [0.2, 0.25) is 5.15 Å². The second-order valence-electron chi connectivity index (χ2n) is 5.16. The first kappa shape index (κ1) is 19.5. The van der Waals surface area contributed by atoms with Gasteiger partial charge in [0, 0.05) is 6.20 Å². The molecule has 1 atom stereocenters. The van der Waals surface area contributed by atoms with Gasteiger partial charge < -0.3 is 19.5 Å². The Morgan fingerprint density at radius 3 is 2.42 bits per heavy atom. The van der Waals surface area contributed by atoms with Crippen LogP contribution in [0.4, 0.5) is 5.69 Å². The van der Waals surface area contributed by atoms with Crippen molar-refractivity contribution in [2.24, 2.45) is 0 Å². The molecule has 0 aliphatic rings. The zero-order valence-electron chi connectivity index (χ0n) is 14.4. The highest BCUT2D eigenvalue weighted by atomic mass is 35.5. The number of anilines is 1. The van der Waals surface area contributed by atoms with Crippen molar-refractivity contribution in [3.05, 3.63) is 47.7 Å². The minimum absolute atomic E-state index is 0.151. The monoisotopic (exact) mass is 378 g/mol. The Kier molecular flexibility index (Phi) is 7.23. The maximum Gasteiger partial charge on any atom is 0.344 e. The molecule has 0 radical (unpaired) electrons. The first-order chi connectivity index (χ1) is 12.5. The maximum absolute atomic E-state index is 12.0. The third-order valence-corrected chi connectivity index (χ3v) is 3.49. The second-order valence-corrected chi connectivity index (χ2v) is 5.51. The van der Waals surface area contributed by atoms with Gasteiger partial charge >= 0.3 is 5.97 Å². The van der Waals surface area contributed by atoms with Crippen LogP contribution in [0.3, 0.4) is 0 Å². The van der Waals surface area contributed by atoms with Crippen molar-refractivity contribution in [2.45, 2.75) is 20.0 Å². The van der Waals surface area contributed by atoms with Crippen molar-refractivity contribution in [3.8, 4) is 11.5 Å². The van der Waals surface area contributed by atoms with Crippen LogP contribution in [0.5, 0.6) is 11.5 Å². The number of carbonyl (C=O) groups is 2. The van der Waals surface area contributed by atoms with Crippen LogP contribution in [-0.4, -0.2) is 36.2 Å². The van der Waals surface area contributed by atoms with Gasteiger partial charge in [-0.15, -0.1) is 0 Å². The fourth-order valence-electron chi connectivity index (χ4n) is 1.94. The van der Waals surface area contributed by atoms with Crippen LogP contribution in [-0.2, 0) is 14.3 Å². The van der Waals surface area contributed by atoms with Crippen LogP contribution in [0.1, 0.15) is 13.8 Å². The van der Waals surface area contributed by atoms with E-state index in [0.717, 1.165) is 0 Å². The van der Waals surface area contributed by atoms with Gasteiger partial charge in [0.2, 0.25) is 0 Å². The molecule has 1 amide bonds. The van der Waals surface area contributed by atoms with Crippen LogP contribution in [0.25, 0.3) is 0 Å². The number of hydrogen-bond acceptors (Lipinski definition) is 6. The van der Waals surface area contributed by atoms with Gasteiger partial charge in [0.05, 0.1) is 12.3 Å². The van der Waals surface area contributed by atoms with E-state index in [1.54, 1.807) is 36.4 Å². The van der Waals surface area contributed by atoms with Crippen LogP contribution < -0.4 is 14.8 Å². The van der Waals surface area contributed by atoms with Crippen molar-refractivity contribution < 1.29 is 23.8 Å². The lowest BCUT2D eigenvalue weighted by Gasteiger charge is -2.14. The molecule has 138 valence electrons. The van der Waals surface area contributed by atoms with E-state index in [-0.39, 0.29) is 11.8 Å². The minimum Gasteiger partial charge on any atom is -0.494 e. The largest absolute Gasteiger partial charge is 0.494 e. The highest BCUT2D eigenvalue weighted by molar-refractivity contribution is 6.32. The molecule has 1 N–H and O–H groups in total. The number of ether oxygens (including phenoxy) is 3. The van der Waals surface area contributed by atoms with E-state index in [1.807, 2.05) is 6.92 Å². The molecule has 8 heteroatoms. The number of amides is 1. The number of nitrogens with one attached hydrogen (secondary N) is 1. The summed E-state index contributed by atoms with van der Waals surface area (Å²) in [5.74, 6) is 0.0135. The van der Waals surface area contributed by atoms with E-state index < -0.39 is 18.0 Å². The van der Waals surface area contributed by atoms with Gasteiger partial charge in [-0.05, 0) is 50.2 Å². The summed E-state index contributed by atoms with van der Waals surface area (Å²) in [5.41, 5.74) is 0.340. The van der Waals surface area contributed by atoms with Gasteiger partial charge in [-0.2, -0.15) is 0 Å². The number of halogens is 1. The van der Waals surface area contributed by atoms with Gasteiger partial charge in [0.25, 0.3) is 5.91 Å². The predicted octanol–water partition coefficient (Wildman–Crippen LogP) is 3.08. The molecule has 1 unspecified atom stereocenters. The molecule has 1 aromatic heterocycles. The molecule has 26 heavy (non-hydrogen) atoms. The highest BCUT2D eigenvalue weighted by Crippen LogP contribution is 2.19. The molecular weight excluding hydrogens is 360 g/mol. The Morgan fingerprint density at radius 2 is 1.81 bits per heavy atom. The standard InChI is InChI=1S/C18H19ClN2O5/c1-3-24-13-6-8-14(9-7-13)25-11-16(22)26-12(2)18(23)21-15-5-4-10-20-17(15)19/h4-10,12H,3,11H2,1-2H3,(H,21,23). The number of hydrogen-bond donors (Lipinski definition) is 1. The Labute approximate surface area is 156 Å². The third-order valence-electron chi connectivity index (χ3n) is 3.19. The lowest BCUT2D eigenvalue weighted by Crippen LogP contribution is -2.31. The number of aromatic nitrogens is 1. The Balaban J connectivity index is 1.79. The maximum atomic E-state index is 12.0. The van der Waals surface area contributed by atoms with Gasteiger partial charge in [0.15, 0.2) is 17.9 Å². The predicted molar refractivity (Wildman–Crippen MR) is 96.5 cm³/mol. The number of esters is 1. The molecule has 0 aliphatic heterocycles. The second kappa shape index (κ2) is 9.62. The minimum atomic E-state index is -1.01. The van der Waals surface area contributed by atoms with Crippen LogP contribution in [0.15, 0.2) is 42.6 Å². The molecule has 1 heterocycles. The summed E-state index contributed by atoms with van der Waals surface area (Å²) in [6, 6.07) is 10.0. The van der Waals surface area contributed by atoms with Crippen molar-refractivity contribution in [2.75, 3.05) is 18.5 Å². The summed E-state index contributed by atoms with van der Waals surface area (Å²) in [5, 5.41) is 2.69. The van der Waals surface area contributed by atoms with Crippen LogP contribution >= 0.6 is 11.6 Å². The van der Waals surface area contributed by atoms with Gasteiger partial charge in [-0.3, -0.25) is 4.79 Å². The summed E-state index contributed by atoms with van der Waals surface area (Å²) in [6.07, 6.45) is 0.488. The van der Waals surface area contributed by atoms with E-state index in [4.69, 9.17) is 25.8 Å². The highest BCUT2D eigenvalue weighted by Gasteiger charge is 2.19. The Hall–Kier alpha value is -2.80. The van der Waals surface area contributed by atoms with E-state index >= 15 is 0 Å². The van der Waals surface area contributed by atoms with Gasteiger partial charge in [-0.1, -0.05) is 11.6 Å². The molecule has 1 aromatic carbocycles. The van der Waals surface area contributed by atoms with Crippen molar-refractivity contribution in [1.29, 1.82) is 0 Å². The average molecular weight is 379 g/mol. The molecule has 0 spiro atoms. The van der Waals surface area contributed by atoms with E-state index in [0.29, 0.717) is 23.8 Å². The quantitative estimate of drug-likeness (QED) is 0.561. The topological polar surface area (TPSA) is 86.8 Å². The fourth-order valence-corrected chi connectivity index (χ4v) is 2.11. The summed E-state index contributed by atoms with van der Waals surface area (Å²) in [6.45, 7) is 3.59. The smallest absolute Gasteiger partial charge is 0.344 e. The normalized spacial score (nSPS) is 11.3. The summed E-state index contributed by atoms with van der Waals surface area (Å²) in [4.78, 5) is 27.7. The zero-order valence-corrected chi connectivity index (χ0v) is 15.2. The van der Waals surface area contributed by atoms with E-state index in [1.165, 1.54) is 13.1 Å². The molecule has 0 saturated carbocycles. The molecule has 0 fully saturated rings. The Bertz CT molecular complexity index is 752. The first-order valence-corrected chi connectivity index (χ1v) is 8.34. The Morgan fingerprint density at radius 1 is 1.15 bits per heavy atom. The zero-order chi connectivity index (χ0) is 18.9. The summed E-state index contributed by atoms with van der Waals surface area (Å²) in [7, 11) is 0. The van der Waals surface area contributed by atoms with E-state index in [9.17, 15) is 9.59 Å². The van der Waals surface area contributed by atoms with Gasteiger partial charge in [-0.25, -0.2) is 9.78 Å². The van der Waals surface area contributed by atoms with Crippen LogP contribution in [0, 0.1) is 0 Å². The first-order valence-electron chi connectivity index (χ1n) is 7.96. The molecule has 0 bridgehead atoms. The summed E-state index contributed by atoms with van der Waals surface area (Å²) < 4.78 is 15.7. The number of benzene rings is 1. The molecule has 0 aliphatic carbocycles. The van der Waals surface area contributed by atoms with Crippen molar-refractivity contribution >= 4 is 29.2 Å². The third kappa shape index (κ3) is 5.93. The fraction of sp³-hybridized carbons (Fsp3) is 0.278. The summed E-state index contributed by atoms with van der Waals surface area (Å²) >= 11 is 5.86. The number of pyridine rings is 1. The number of nitrogens with zero attached hydrogens (tertiary/aromatic N) is 1. The SMILES string of the molecule is CCOc1ccc(OCC(=O)OC(C)C(=O)Nc2cccnc2Cl)cc1. The molecule has 0 saturated heterocycles. The van der Waals surface area contributed by atoms with Gasteiger partial charge in [0.1, 0.15) is 11.5 Å². The number of rotatable bonds is 8. The molecule has 2 rings (SSSR count). The van der Waals surface area contributed by atoms with Crippen molar-refractivity contribution in [1.82, 2.24) is 4.98 Å². The molecule has 2 aromatic rings. The molecular formula is C18H19ClN2O5. The lowest BCUT2D eigenvalue weighted by molar-refractivity contribution is -0.155. The molecule has 7 nitrogen and oxygen atoms in total. The average Bonchev–Trinajstić information content (AvgIpc) is 2.63. The van der Waals surface area contributed by atoms with Crippen molar-refractivity contribution in [3.63, 3.8) is 0 Å². The lowest BCUT2D eigenvalue weighted by atomic mass is 10.3.